The van der Waals surface area contributed by atoms with E-state index in [1.165, 1.54) is 18.2 Å². The predicted octanol–water partition coefficient (Wildman–Crippen LogP) is 2.89. The normalized spacial score (nSPS) is 9.75. The van der Waals surface area contributed by atoms with Crippen molar-refractivity contribution in [3.8, 4) is 17.6 Å². The fourth-order valence-corrected chi connectivity index (χ4v) is 1.60. The topological polar surface area (TPSA) is 29.5 Å². The first-order chi connectivity index (χ1) is 9.70. The van der Waals surface area contributed by atoms with E-state index < -0.39 is 5.82 Å². The Morgan fingerprint density at radius 2 is 1.85 bits per heavy atom. The Morgan fingerprint density at radius 1 is 1.05 bits per heavy atom. The Balaban J connectivity index is 2.08. The minimum absolute atomic E-state index is 0.0216. The molecule has 0 aromatic heterocycles. The maximum absolute atomic E-state index is 13.6. The number of ether oxygens (including phenoxy) is 1. The Bertz CT molecular complexity index is 657. The second-order valence-corrected chi connectivity index (χ2v) is 3.98. The van der Waals surface area contributed by atoms with E-state index in [0.29, 0.717) is 11.3 Å². The zero-order valence-corrected chi connectivity index (χ0v) is 10.6. The SMILES string of the molecule is OCC#Cc1ccc(OCc2ccccc2F)cc1F. The van der Waals surface area contributed by atoms with Crippen molar-refractivity contribution in [3.05, 3.63) is 65.2 Å². The molecule has 2 nitrogen and oxygen atoms in total. The summed E-state index contributed by atoms with van der Waals surface area (Å²) in [4.78, 5) is 0. The molecule has 0 unspecified atom stereocenters. The summed E-state index contributed by atoms with van der Waals surface area (Å²) in [5.74, 6) is 4.23. The molecule has 2 aromatic carbocycles. The average Bonchev–Trinajstić information content (AvgIpc) is 2.45. The molecule has 20 heavy (non-hydrogen) atoms. The van der Waals surface area contributed by atoms with Gasteiger partial charge in [-0.15, -0.1) is 0 Å². The molecule has 0 aliphatic carbocycles. The summed E-state index contributed by atoms with van der Waals surface area (Å²) in [6, 6.07) is 10.4. The lowest BCUT2D eigenvalue weighted by Gasteiger charge is -2.07. The number of benzene rings is 2. The largest absolute Gasteiger partial charge is 0.489 e. The summed E-state index contributed by atoms with van der Waals surface area (Å²) in [5.41, 5.74) is 0.578. The molecule has 0 aliphatic heterocycles. The fraction of sp³-hybridized carbons (Fsp3) is 0.125. The highest BCUT2D eigenvalue weighted by molar-refractivity contribution is 5.39. The van der Waals surface area contributed by atoms with E-state index in [0.717, 1.165) is 0 Å². The van der Waals surface area contributed by atoms with Crippen molar-refractivity contribution >= 4 is 0 Å². The highest BCUT2D eigenvalue weighted by Gasteiger charge is 2.04. The van der Waals surface area contributed by atoms with Crippen molar-refractivity contribution in [1.29, 1.82) is 0 Å². The Labute approximate surface area is 115 Å². The van der Waals surface area contributed by atoms with Gasteiger partial charge in [0.2, 0.25) is 0 Å². The van der Waals surface area contributed by atoms with Crippen LogP contribution >= 0.6 is 0 Å². The molecule has 2 rings (SSSR count). The summed E-state index contributed by atoms with van der Waals surface area (Å²) in [6.45, 7) is -0.307. The van der Waals surface area contributed by atoms with E-state index in [2.05, 4.69) is 11.8 Å². The van der Waals surface area contributed by atoms with E-state index in [-0.39, 0.29) is 24.6 Å². The Morgan fingerprint density at radius 3 is 2.55 bits per heavy atom. The smallest absolute Gasteiger partial charge is 0.142 e. The van der Waals surface area contributed by atoms with E-state index in [1.54, 1.807) is 24.3 Å². The zero-order chi connectivity index (χ0) is 14.4. The van der Waals surface area contributed by atoms with Gasteiger partial charge in [0.15, 0.2) is 0 Å². The van der Waals surface area contributed by atoms with Gasteiger partial charge in [0, 0.05) is 11.6 Å². The minimum atomic E-state index is -0.544. The molecule has 0 amide bonds. The summed E-state index contributed by atoms with van der Waals surface area (Å²) >= 11 is 0. The van der Waals surface area contributed by atoms with Gasteiger partial charge in [0.1, 0.15) is 30.6 Å². The maximum Gasteiger partial charge on any atom is 0.142 e. The van der Waals surface area contributed by atoms with Crippen LogP contribution in [0.15, 0.2) is 42.5 Å². The van der Waals surface area contributed by atoms with Gasteiger partial charge in [-0.1, -0.05) is 30.0 Å². The number of hydrogen-bond donors (Lipinski definition) is 1. The van der Waals surface area contributed by atoms with Gasteiger partial charge in [0.25, 0.3) is 0 Å². The quantitative estimate of drug-likeness (QED) is 0.872. The van der Waals surface area contributed by atoms with Crippen LogP contribution in [0.1, 0.15) is 11.1 Å². The Kier molecular flexibility index (Phi) is 4.70. The van der Waals surface area contributed by atoms with Gasteiger partial charge in [-0.2, -0.15) is 0 Å². The lowest BCUT2D eigenvalue weighted by atomic mass is 10.2. The molecular formula is C16H12F2O2. The summed E-state index contributed by atoms with van der Waals surface area (Å²) in [7, 11) is 0. The highest BCUT2D eigenvalue weighted by Crippen LogP contribution is 2.18. The Hall–Kier alpha value is -2.38. The van der Waals surface area contributed by atoms with Gasteiger partial charge >= 0.3 is 0 Å². The molecule has 0 aliphatic rings. The number of aliphatic hydroxyl groups is 1. The molecule has 0 fully saturated rings. The molecule has 102 valence electrons. The van der Waals surface area contributed by atoms with Crippen molar-refractivity contribution in [3.63, 3.8) is 0 Å². The molecule has 0 bridgehead atoms. The molecule has 0 saturated carbocycles. The van der Waals surface area contributed by atoms with Crippen molar-refractivity contribution in [1.82, 2.24) is 0 Å². The number of rotatable bonds is 3. The average molecular weight is 274 g/mol. The van der Waals surface area contributed by atoms with Gasteiger partial charge in [-0.05, 0) is 18.2 Å². The van der Waals surface area contributed by atoms with Crippen LogP contribution in [-0.2, 0) is 6.61 Å². The first kappa shape index (κ1) is 14.0. The monoisotopic (exact) mass is 274 g/mol. The van der Waals surface area contributed by atoms with Crippen LogP contribution in [-0.4, -0.2) is 11.7 Å². The lowest BCUT2D eigenvalue weighted by Crippen LogP contribution is -1.99. The second kappa shape index (κ2) is 6.69. The third-order valence-corrected chi connectivity index (χ3v) is 2.59. The summed E-state index contributed by atoms with van der Waals surface area (Å²) < 4.78 is 32.4. The molecule has 4 heteroatoms. The van der Waals surface area contributed by atoms with E-state index in [1.807, 2.05) is 0 Å². The number of hydrogen-bond acceptors (Lipinski definition) is 2. The first-order valence-electron chi connectivity index (χ1n) is 5.96. The molecule has 0 spiro atoms. The van der Waals surface area contributed by atoms with Crippen LogP contribution in [0.3, 0.4) is 0 Å². The van der Waals surface area contributed by atoms with Crippen molar-refractivity contribution < 1.29 is 18.6 Å². The van der Waals surface area contributed by atoms with Crippen LogP contribution in [0.4, 0.5) is 8.78 Å². The van der Waals surface area contributed by atoms with Crippen LogP contribution in [0.5, 0.6) is 5.75 Å². The third kappa shape index (κ3) is 3.56. The molecule has 0 atom stereocenters. The zero-order valence-electron chi connectivity index (χ0n) is 10.6. The van der Waals surface area contributed by atoms with Crippen molar-refractivity contribution in [2.75, 3.05) is 6.61 Å². The van der Waals surface area contributed by atoms with Gasteiger partial charge in [-0.25, -0.2) is 8.78 Å². The van der Waals surface area contributed by atoms with Crippen molar-refractivity contribution in [2.45, 2.75) is 6.61 Å². The molecule has 0 heterocycles. The standard InChI is InChI=1S/C16H12F2O2/c17-15-6-2-1-4-13(15)11-20-14-8-7-12(5-3-9-19)16(18)10-14/h1-2,4,6-8,10,19H,9,11H2. The number of halogens is 2. The lowest BCUT2D eigenvalue weighted by molar-refractivity contribution is 0.298. The second-order valence-electron chi connectivity index (χ2n) is 3.98. The van der Waals surface area contributed by atoms with E-state index in [4.69, 9.17) is 9.84 Å². The van der Waals surface area contributed by atoms with E-state index in [9.17, 15) is 8.78 Å². The first-order valence-corrected chi connectivity index (χ1v) is 5.96. The van der Waals surface area contributed by atoms with Crippen LogP contribution in [0.25, 0.3) is 0 Å². The molecule has 0 saturated heterocycles. The minimum Gasteiger partial charge on any atom is -0.489 e. The predicted molar refractivity (Wildman–Crippen MR) is 71.1 cm³/mol. The molecule has 2 aromatic rings. The van der Waals surface area contributed by atoms with Crippen LogP contribution in [0, 0.1) is 23.5 Å². The number of aliphatic hydroxyl groups excluding tert-OH is 1. The molecule has 0 radical (unpaired) electrons. The molecule has 1 N–H and O–H groups in total. The summed E-state index contributed by atoms with van der Waals surface area (Å²) in [5, 5.41) is 8.55. The van der Waals surface area contributed by atoms with Crippen LogP contribution < -0.4 is 4.74 Å². The van der Waals surface area contributed by atoms with Gasteiger partial charge in [-0.3, -0.25) is 0 Å². The van der Waals surface area contributed by atoms with Crippen LogP contribution in [0.2, 0.25) is 0 Å². The van der Waals surface area contributed by atoms with E-state index >= 15 is 0 Å². The summed E-state index contributed by atoms with van der Waals surface area (Å²) in [6.07, 6.45) is 0. The van der Waals surface area contributed by atoms with Gasteiger partial charge < -0.3 is 9.84 Å². The highest BCUT2D eigenvalue weighted by atomic mass is 19.1. The fourth-order valence-electron chi connectivity index (χ4n) is 1.60. The maximum atomic E-state index is 13.6. The third-order valence-electron chi connectivity index (χ3n) is 2.59. The molecular weight excluding hydrogens is 262 g/mol. The van der Waals surface area contributed by atoms with Crippen molar-refractivity contribution in [2.24, 2.45) is 0 Å². The van der Waals surface area contributed by atoms with Gasteiger partial charge in [0.05, 0.1) is 5.56 Å².